The molecule has 17 heavy (non-hydrogen) atoms. The highest BCUT2D eigenvalue weighted by molar-refractivity contribution is 9.10. The van der Waals surface area contributed by atoms with Crippen LogP contribution in [0.4, 0.5) is 5.69 Å². The molecule has 88 valence electrons. The smallest absolute Gasteiger partial charge is 0.137 e. The maximum absolute atomic E-state index is 5.52. The minimum absolute atomic E-state index is 0.609. The molecule has 0 atom stereocenters. The van der Waals surface area contributed by atoms with E-state index in [4.69, 9.17) is 4.74 Å². The minimum atomic E-state index is 0.609. The summed E-state index contributed by atoms with van der Waals surface area (Å²) in [7, 11) is 0. The van der Waals surface area contributed by atoms with E-state index < -0.39 is 0 Å². The quantitative estimate of drug-likeness (QED) is 0.859. The van der Waals surface area contributed by atoms with Gasteiger partial charge in [-0.25, -0.2) is 0 Å². The third-order valence-corrected chi connectivity index (χ3v) is 2.65. The zero-order chi connectivity index (χ0) is 11.9. The summed E-state index contributed by atoms with van der Waals surface area (Å²) in [6, 6.07) is 11.8. The molecule has 3 nitrogen and oxygen atoms in total. The lowest BCUT2D eigenvalue weighted by molar-refractivity contribution is 0.331. The highest BCUT2D eigenvalue weighted by Crippen LogP contribution is 2.15. The van der Waals surface area contributed by atoms with Gasteiger partial charge in [0, 0.05) is 22.9 Å². The van der Waals surface area contributed by atoms with Crippen LogP contribution in [0.15, 0.2) is 53.3 Å². The second kappa shape index (κ2) is 6.25. The number of rotatable bonds is 5. The molecule has 0 saturated carbocycles. The van der Waals surface area contributed by atoms with E-state index in [2.05, 4.69) is 26.2 Å². The first-order valence-electron chi connectivity index (χ1n) is 5.37. The number of halogens is 1. The van der Waals surface area contributed by atoms with Crippen molar-refractivity contribution in [2.45, 2.75) is 0 Å². The molecule has 0 spiro atoms. The first-order valence-corrected chi connectivity index (χ1v) is 6.16. The molecule has 4 heteroatoms. The summed E-state index contributed by atoms with van der Waals surface area (Å²) in [5.41, 5.74) is 1.08. The van der Waals surface area contributed by atoms with Crippen molar-refractivity contribution in [2.24, 2.45) is 0 Å². The van der Waals surface area contributed by atoms with Gasteiger partial charge in [0.25, 0.3) is 0 Å². The number of anilines is 1. The molecule has 1 N–H and O–H groups in total. The van der Waals surface area contributed by atoms with Crippen LogP contribution in [0.25, 0.3) is 0 Å². The van der Waals surface area contributed by atoms with Crippen LogP contribution < -0.4 is 10.1 Å². The minimum Gasteiger partial charge on any atom is -0.490 e. The van der Waals surface area contributed by atoms with E-state index in [0.29, 0.717) is 6.61 Å². The van der Waals surface area contributed by atoms with Gasteiger partial charge in [0.2, 0.25) is 0 Å². The maximum atomic E-state index is 5.52. The number of nitrogens with one attached hydrogen (secondary N) is 1. The van der Waals surface area contributed by atoms with Gasteiger partial charge in [-0.15, -0.1) is 0 Å². The summed E-state index contributed by atoms with van der Waals surface area (Å²) in [4.78, 5) is 3.98. The van der Waals surface area contributed by atoms with Gasteiger partial charge in [0.1, 0.15) is 12.4 Å². The normalized spacial score (nSPS) is 9.94. The predicted octanol–water partition coefficient (Wildman–Crippen LogP) is 3.34. The number of ether oxygens (including phenoxy) is 1. The molecule has 0 aliphatic heterocycles. The van der Waals surface area contributed by atoms with Crippen molar-refractivity contribution in [1.29, 1.82) is 0 Å². The fourth-order valence-electron chi connectivity index (χ4n) is 1.40. The predicted molar refractivity (Wildman–Crippen MR) is 72.4 cm³/mol. The largest absolute Gasteiger partial charge is 0.490 e. The van der Waals surface area contributed by atoms with Gasteiger partial charge in [-0.2, -0.15) is 0 Å². The highest BCUT2D eigenvalue weighted by Gasteiger charge is 1.94. The number of benzene rings is 1. The molecule has 0 bridgehead atoms. The topological polar surface area (TPSA) is 34.1 Å². The van der Waals surface area contributed by atoms with Crippen LogP contribution in [-0.2, 0) is 0 Å². The highest BCUT2D eigenvalue weighted by atomic mass is 79.9. The summed E-state index contributed by atoms with van der Waals surface area (Å²) in [6.45, 7) is 1.36. The van der Waals surface area contributed by atoms with Crippen molar-refractivity contribution in [3.05, 3.63) is 53.3 Å². The Labute approximate surface area is 109 Å². The standard InChI is InChI=1S/C13H13BrN2O/c14-11-3-1-4-12(9-11)16-7-8-17-13-5-2-6-15-10-13/h1-6,9-10,16H,7-8H2. The summed E-state index contributed by atoms with van der Waals surface area (Å²) in [5, 5.41) is 3.28. The molecule has 0 amide bonds. The lowest BCUT2D eigenvalue weighted by Gasteiger charge is -2.08. The SMILES string of the molecule is Brc1cccc(NCCOc2cccnc2)c1. The van der Waals surface area contributed by atoms with E-state index >= 15 is 0 Å². The fourth-order valence-corrected chi connectivity index (χ4v) is 1.79. The van der Waals surface area contributed by atoms with Gasteiger partial charge in [-0.3, -0.25) is 4.98 Å². The number of pyridine rings is 1. The first kappa shape index (κ1) is 11.9. The zero-order valence-corrected chi connectivity index (χ0v) is 10.9. The number of hydrogen-bond acceptors (Lipinski definition) is 3. The number of hydrogen-bond donors (Lipinski definition) is 1. The van der Waals surface area contributed by atoms with Crippen molar-refractivity contribution >= 4 is 21.6 Å². The molecule has 2 aromatic rings. The summed E-state index contributed by atoms with van der Waals surface area (Å²) >= 11 is 3.43. The van der Waals surface area contributed by atoms with E-state index in [1.165, 1.54) is 0 Å². The van der Waals surface area contributed by atoms with E-state index in [0.717, 1.165) is 22.5 Å². The van der Waals surface area contributed by atoms with Crippen molar-refractivity contribution in [3.8, 4) is 5.75 Å². The second-order valence-electron chi connectivity index (χ2n) is 3.47. The number of aromatic nitrogens is 1. The van der Waals surface area contributed by atoms with Gasteiger partial charge in [-0.1, -0.05) is 22.0 Å². The van der Waals surface area contributed by atoms with E-state index in [-0.39, 0.29) is 0 Å². The molecule has 0 unspecified atom stereocenters. The third kappa shape index (κ3) is 4.07. The Hall–Kier alpha value is -1.55. The Morgan fingerprint density at radius 1 is 1.24 bits per heavy atom. The molecular formula is C13H13BrN2O. The summed E-state index contributed by atoms with van der Waals surface area (Å²) in [5.74, 6) is 0.795. The molecule has 0 saturated heterocycles. The van der Waals surface area contributed by atoms with Crippen molar-refractivity contribution in [2.75, 3.05) is 18.5 Å². The molecular weight excluding hydrogens is 280 g/mol. The Morgan fingerprint density at radius 2 is 2.18 bits per heavy atom. The van der Waals surface area contributed by atoms with Crippen LogP contribution in [0.1, 0.15) is 0 Å². The zero-order valence-electron chi connectivity index (χ0n) is 9.27. The summed E-state index contributed by atoms with van der Waals surface area (Å²) < 4.78 is 6.59. The molecule has 1 aromatic carbocycles. The Bertz CT molecular complexity index is 462. The Morgan fingerprint density at radius 3 is 2.94 bits per heavy atom. The third-order valence-electron chi connectivity index (χ3n) is 2.16. The average Bonchev–Trinajstić information content (AvgIpc) is 2.36. The van der Waals surface area contributed by atoms with Crippen LogP contribution in [-0.4, -0.2) is 18.1 Å². The maximum Gasteiger partial charge on any atom is 0.137 e. The van der Waals surface area contributed by atoms with Crippen molar-refractivity contribution in [1.82, 2.24) is 4.98 Å². The average molecular weight is 293 g/mol. The lowest BCUT2D eigenvalue weighted by Crippen LogP contribution is -2.11. The van der Waals surface area contributed by atoms with Gasteiger partial charge in [0.15, 0.2) is 0 Å². The monoisotopic (exact) mass is 292 g/mol. The fraction of sp³-hybridized carbons (Fsp3) is 0.154. The van der Waals surface area contributed by atoms with Crippen LogP contribution >= 0.6 is 15.9 Å². The van der Waals surface area contributed by atoms with Crippen LogP contribution in [0, 0.1) is 0 Å². The van der Waals surface area contributed by atoms with Crippen LogP contribution in [0.2, 0.25) is 0 Å². The van der Waals surface area contributed by atoms with Gasteiger partial charge >= 0.3 is 0 Å². The van der Waals surface area contributed by atoms with E-state index in [9.17, 15) is 0 Å². The molecule has 0 radical (unpaired) electrons. The van der Waals surface area contributed by atoms with Gasteiger partial charge < -0.3 is 10.1 Å². The van der Waals surface area contributed by atoms with Gasteiger partial charge in [-0.05, 0) is 30.3 Å². The molecule has 0 aliphatic carbocycles. The van der Waals surface area contributed by atoms with Crippen LogP contribution in [0.5, 0.6) is 5.75 Å². The van der Waals surface area contributed by atoms with Gasteiger partial charge in [0.05, 0.1) is 6.20 Å². The molecule has 1 aromatic heterocycles. The second-order valence-corrected chi connectivity index (χ2v) is 4.39. The van der Waals surface area contributed by atoms with Crippen molar-refractivity contribution < 1.29 is 4.74 Å². The Kier molecular flexibility index (Phi) is 4.38. The summed E-state index contributed by atoms with van der Waals surface area (Å²) in [6.07, 6.45) is 3.44. The van der Waals surface area contributed by atoms with Crippen LogP contribution in [0.3, 0.4) is 0 Å². The van der Waals surface area contributed by atoms with Crippen molar-refractivity contribution in [3.63, 3.8) is 0 Å². The molecule has 2 rings (SSSR count). The molecule has 0 fully saturated rings. The molecule has 0 aliphatic rings. The van der Waals surface area contributed by atoms with E-state index in [1.807, 2.05) is 36.4 Å². The first-order chi connectivity index (χ1) is 8.34. The molecule has 1 heterocycles. The Balaban J connectivity index is 1.73. The van der Waals surface area contributed by atoms with E-state index in [1.54, 1.807) is 12.4 Å². The number of nitrogens with zero attached hydrogens (tertiary/aromatic N) is 1. The lowest BCUT2D eigenvalue weighted by atomic mass is 10.3.